The number of hydroxylamine groups is 1. The van der Waals surface area contributed by atoms with Gasteiger partial charge in [-0.1, -0.05) is 42.5 Å². The summed E-state index contributed by atoms with van der Waals surface area (Å²) in [7, 11) is 1.45. The van der Waals surface area contributed by atoms with Crippen LogP contribution in [0.2, 0.25) is 0 Å². The van der Waals surface area contributed by atoms with E-state index in [1.165, 1.54) is 31.4 Å². The monoisotopic (exact) mass is 538 g/mol. The number of carbonyl (C=O) groups excluding carboxylic acids is 3. The summed E-state index contributed by atoms with van der Waals surface area (Å²) in [5.41, 5.74) is 1.90. The van der Waals surface area contributed by atoms with Crippen LogP contribution in [0.25, 0.3) is 0 Å². The van der Waals surface area contributed by atoms with Gasteiger partial charge in [-0.15, -0.1) is 0 Å². The Morgan fingerprint density at radius 1 is 0.800 bits per heavy atom. The maximum absolute atomic E-state index is 13.8. The Kier molecular flexibility index (Phi) is 6.49. The van der Waals surface area contributed by atoms with Crippen molar-refractivity contribution in [2.45, 2.75) is 12.1 Å². The number of imide groups is 1. The lowest BCUT2D eigenvalue weighted by Crippen LogP contribution is -2.37. The smallest absolute Gasteiger partial charge is 0.343 e. The number of esters is 1. The molecule has 2 saturated heterocycles. The van der Waals surface area contributed by atoms with E-state index in [2.05, 4.69) is 0 Å². The normalized spacial score (nSPS) is 20.0. The first-order valence-corrected chi connectivity index (χ1v) is 12.6. The predicted octanol–water partition coefficient (Wildman–Crippen LogP) is 5.10. The number of methoxy groups -OCH3 is 1. The van der Waals surface area contributed by atoms with Crippen LogP contribution in [0.5, 0.6) is 11.5 Å². The van der Waals surface area contributed by atoms with Crippen molar-refractivity contribution < 1.29 is 33.1 Å². The van der Waals surface area contributed by atoms with Gasteiger partial charge in [0, 0.05) is 0 Å². The van der Waals surface area contributed by atoms with Crippen molar-refractivity contribution in [1.82, 2.24) is 0 Å². The average molecular weight is 539 g/mol. The molecule has 2 aliphatic rings. The molecule has 2 amide bonds. The molecule has 3 atom stereocenters. The molecule has 8 nitrogen and oxygen atoms in total. The summed E-state index contributed by atoms with van der Waals surface area (Å²) in [6.07, 6.45) is -1.09. The van der Waals surface area contributed by atoms with E-state index in [1.54, 1.807) is 53.6 Å². The molecule has 0 aliphatic carbocycles. The third-order valence-electron chi connectivity index (χ3n) is 6.95. The van der Waals surface area contributed by atoms with Crippen LogP contribution in [0.15, 0.2) is 103 Å². The first kappa shape index (κ1) is 25.3. The second-order valence-electron chi connectivity index (χ2n) is 9.31. The van der Waals surface area contributed by atoms with Gasteiger partial charge in [0.05, 0.1) is 30.1 Å². The van der Waals surface area contributed by atoms with E-state index in [1.807, 2.05) is 30.3 Å². The molecule has 4 aromatic rings. The van der Waals surface area contributed by atoms with Crippen molar-refractivity contribution in [3.63, 3.8) is 0 Å². The molecule has 40 heavy (non-hydrogen) atoms. The molecule has 200 valence electrons. The molecule has 6 rings (SSSR count). The highest BCUT2D eigenvalue weighted by Gasteiger charge is 2.60. The number of hydrogen-bond acceptors (Lipinski definition) is 7. The number of fused-ring (bicyclic) bond motifs is 1. The zero-order chi connectivity index (χ0) is 27.8. The van der Waals surface area contributed by atoms with Crippen LogP contribution in [0.1, 0.15) is 22.0 Å². The van der Waals surface area contributed by atoms with Crippen LogP contribution < -0.4 is 19.4 Å². The van der Waals surface area contributed by atoms with Gasteiger partial charge in [0.25, 0.3) is 5.91 Å². The number of nitrogens with zero attached hydrogens (tertiary/aromatic N) is 2. The van der Waals surface area contributed by atoms with Crippen molar-refractivity contribution in [3.8, 4) is 11.5 Å². The minimum Gasteiger partial charge on any atom is -0.493 e. The minimum absolute atomic E-state index is 0.198. The SMILES string of the molecule is COc1cc([C@H]2[C@@H]3C(=O)N(c4ccc(F)cc4)C(=O)[C@H]3ON2c2ccccc2)ccc1OC(=O)c1ccccc1. The Balaban J connectivity index is 1.38. The highest BCUT2D eigenvalue weighted by molar-refractivity contribution is 6.23. The molecule has 0 bridgehead atoms. The van der Waals surface area contributed by atoms with Crippen LogP contribution in [-0.2, 0) is 14.4 Å². The Hall–Kier alpha value is -5.02. The van der Waals surface area contributed by atoms with Gasteiger partial charge in [-0.05, 0) is 66.2 Å². The van der Waals surface area contributed by atoms with Crippen LogP contribution in [0, 0.1) is 11.7 Å². The molecule has 2 heterocycles. The molecule has 2 aliphatic heterocycles. The van der Waals surface area contributed by atoms with E-state index in [9.17, 15) is 18.8 Å². The topological polar surface area (TPSA) is 85.4 Å². The number of benzene rings is 4. The minimum atomic E-state index is -1.09. The number of hydrogen-bond donors (Lipinski definition) is 0. The Morgan fingerprint density at radius 2 is 1.48 bits per heavy atom. The van der Waals surface area contributed by atoms with Crippen LogP contribution in [0.3, 0.4) is 0 Å². The fourth-order valence-corrected chi connectivity index (χ4v) is 5.08. The zero-order valence-corrected chi connectivity index (χ0v) is 21.3. The van der Waals surface area contributed by atoms with Gasteiger partial charge in [0.15, 0.2) is 17.6 Å². The summed E-state index contributed by atoms with van der Waals surface area (Å²) in [6, 6.07) is 27.1. The van der Waals surface area contributed by atoms with Gasteiger partial charge in [-0.25, -0.2) is 19.1 Å². The lowest BCUT2D eigenvalue weighted by atomic mass is 9.90. The van der Waals surface area contributed by atoms with Gasteiger partial charge in [0.2, 0.25) is 5.91 Å². The number of carbonyl (C=O) groups is 3. The molecule has 0 saturated carbocycles. The molecule has 0 aromatic heterocycles. The van der Waals surface area contributed by atoms with Crippen molar-refractivity contribution >= 4 is 29.2 Å². The van der Waals surface area contributed by atoms with Crippen molar-refractivity contribution in [1.29, 1.82) is 0 Å². The molecule has 0 spiro atoms. The number of halogens is 1. The van der Waals surface area contributed by atoms with E-state index in [0.29, 0.717) is 16.8 Å². The molecule has 2 fully saturated rings. The summed E-state index contributed by atoms with van der Waals surface area (Å²) in [4.78, 5) is 47.1. The Morgan fingerprint density at radius 3 is 2.15 bits per heavy atom. The summed E-state index contributed by atoms with van der Waals surface area (Å²) < 4.78 is 24.7. The number of rotatable bonds is 6. The number of amides is 2. The number of anilines is 2. The summed E-state index contributed by atoms with van der Waals surface area (Å²) in [5.74, 6) is -2.47. The fourth-order valence-electron chi connectivity index (χ4n) is 5.08. The standard InChI is InChI=1S/C31H23FN2O6/c1-38-25-18-20(12-17-24(25)39-31(37)19-8-4-2-5-9-19)27-26-28(40-34(27)23-10-6-3-7-11-23)30(36)33(29(26)35)22-15-13-21(32)14-16-22/h2-18,26-28H,1H3/t26-,27-,28-/m0/s1. The molecular formula is C31H23FN2O6. The first-order chi connectivity index (χ1) is 19.5. The van der Waals surface area contributed by atoms with Crippen molar-refractivity contribution in [3.05, 3.63) is 120 Å². The summed E-state index contributed by atoms with van der Waals surface area (Å²) >= 11 is 0. The molecular weight excluding hydrogens is 515 g/mol. The summed E-state index contributed by atoms with van der Waals surface area (Å²) in [5, 5.41) is 1.55. The van der Waals surface area contributed by atoms with Crippen molar-refractivity contribution in [2.24, 2.45) is 5.92 Å². The highest BCUT2D eigenvalue weighted by Crippen LogP contribution is 2.48. The molecule has 4 aromatic carbocycles. The lowest BCUT2D eigenvalue weighted by Gasteiger charge is -2.29. The van der Waals surface area contributed by atoms with Crippen LogP contribution in [0.4, 0.5) is 15.8 Å². The van der Waals surface area contributed by atoms with E-state index in [-0.39, 0.29) is 17.2 Å². The Bertz CT molecular complexity index is 1580. The van der Waals surface area contributed by atoms with E-state index in [0.717, 1.165) is 4.90 Å². The van der Waals surface area contributed by atoms with Crippen molar-refractivity contribution in [2.75, 3.05) is 17.1 Å². The average Bonchev–Trinajstić information content (AvgIpc) is 3.50. The quantitative estimate of drug-likeness (QED) is 0.192. The third kappa shape index (κ3) is 4.36. The maximum atomic E-state index is 13.8. The van der Waals surface area contributed by atoms with Crippen LogP contribution in [-0.4, -0.2) is 31.0 Å². The lowest BCUT2D eigenvalue weighted by molar-refractivity contribution is -0.126. The van der Waals surface area contributed by atoms with Gasteiger partial charge in [0.1, 0.15) is 11.7 Å². The third-order valence-corrected chi connectivity index (χ3v) is 6.95. The molecule has 0 unspecified atom stereocenters. The van der Waals surface area contributed by atoms with E-state index >= 15 is 0 Å². The number of para-hydroxylation sites is 1. The highest BCUT2D eigenvalue weighted by atomic mass is 19.1. The molecule has 0 radical (unpaired) electrons. The van der Waals surface area contributed by atoms with E-state index in [4.69, 9.17) is 14.3 Å². The Labute approximate surface area is 229 Å². The van der Waals surface area contributed by atoms with Gasteiger partial charge >= 0.3 is 5.97 Å². The maximum Gasteiger partial charge on any atom is 0.343 e. The zero-order valence-electron chi connectivity index (χ0n) is 21.3. The first-order valence-electron chi connectivity index (χ1n) is 12.6. The molecule has 0 N–H and O–H groups in total. The fraction of sp³-hybridized carbons (Fsp3) is 0.129. The summed E-state index contributed by atoms with van der Waals surface area (Å²) in [6.45, 7) is 0. The van der Waals surface area contributed by atoms with Crippen LogP contribution >= 0.6 is 0 Å². The van der Waals surface area contributed by atoms with Gasteiger partial charge < -0.3 is 9.47 Å². The second-order valence-corrected chi connectivity index (χ2v) is 9.31. The molecule has 9 heteroatoms. The van der Waals surface area contributed by atoms with Gasteiger partial charge in [-0.2, -0.15) is 0 Å². The van der Waals surface area contributed by atoms with E-state index < -0.39 is 41.7 Å². The largest absolute Gasteiger partial charge is 0.493 e. The number of ether oxygens (including phenoxy) is 2. The van der Waals surface area contributed by atoms with Gasteiger partial charge in [-0.3, -0.25) is 14.4 Å². The second kappa shape index (κ2) is 10.3. The predicted molar refractivity (Wildman–Crippen MR) is 143 cm³/mol.